The Labute approximate surface area is 138 Å². The van der Waals surface area contributed by atoms with Gasteiger partial charge in [-0.25, -0.2) is 4.79 Å². The van der Waals surface area contributed by atoms with E-state index in [0.717, 1.165) is 15.6 Å². The average Bonchev–Trinajstić information content (AvgIpc) is 2.52. The molecule has 0 spiro atoms. The summed E-state index contributed by atoms with van der Waals surface area (Å²) in [4.78, 5) is 11.5. The van der Waals surface area contributed by atoms with Crippen LogP contribution in [0.1, 0.15) is 11.1 Å². The molecule has 2 aromatic rings. The zero-order chi connectivity index (χ0) is 15.8. The van der Waals surface area contributed by atoms with E-state index in [1.807, 2.05) is 60.7 Å². The van der Waals surface area contributed by atoms with E-state index in [9.17, 15) is 4.79 Å². The fourth-order valence-corrected chi connectivity index (χ4v) is 2.18. The van der Waals surface area contributed by atoms with Crippen LogP contribution in [0.25, 0.3) is 6.08 Å². The van der Waals surface area contributed by atoms with Crippen LogP contribution in [0.3, 0.4) is 0 Å². The summed E-state index contributed by atoms with van der Waals surface area (Å²) in [6, 6.07) is 15.2. The number of nitrogens with one attached hydrogen (secondary N) is 1. The van der Waals surface area contributed by atoms with Gasteiger partial charge >= 0.3 is 6.09 Å². The lowest BCUT2D eigenvalue weighted by Crippen LogP contribution is -2.24. The number of alkyl carbamates (subject to hydrolysis) is 1. The molecule has 0 unspecified atom stereocenters. The number of ether oxygens (including phenoxy) is 1. The van der Waals surface area contributed by atoms with Crippen LogP contribution in [-0.4, -0.2) is 12.6 Å². The number of nitrogens with two attached hydrogens (primary N) is 1. The van der Waals surface area contributed by atoms with Crippen molar-refractivity contribution in [2.75, 3.05) is 12.3 Å². The molecule has 0 aliphatic carbocycles. The summed E-state index contributed by atoms with van der Waals surface area (Å²) in [5, 5.41) is 2.66. The molecule has 114 valence electrons. The molecule has 2 aromatic carbocycles. The Morgan fingerprint density at radius 2 is 2.00 bits per heavy atom. The number of rotatable bonds is 5. The van der Waals surface area contributed by atoms with Gasteiger partial charge in [0.2, 0.25) is 0 Å². The number of benzene rings is 2. The van der Waals surface area contributed by atoms with E-state index >= 15 is 0 Å². The zero-order valence-electron chi connectivity index (χ0n) is 12.0. The van der Waals surface area contributed by atoms with Gasteiger partial charge in [0, 0.05) is 16.7 Å². The molecular formula is C17H17BrN2O2. The first-order chi connectivity index (χ1) is 10.6. The highest BCUT2D eigenvalue weighted by atomic mass is 79.9. The largest absolute Gasteiger partial charge is 0.445 e. The Hall–Kier alpha value is -2.27. The van der Waals surface area contributed by atoms with E-state index in [4.69, 9.17) is 10.5 Å². The smallest absolute Gasteiger partial charge is 0.407 e. The van der Waals surface area contributed by atoms with Crippen molar-refractivity contribution < 1.29 is 9.53 Å². The summed E-state index contributed by atoms with van der Waals surface area (Å²) >= 11 is 3.36. The van der Waals surface area contributed by atoms with E-state index in [1.54, 1.807) is 0 Å². The number of amides is 1. The molecule has 2 rings (SSSR count). The highest BCUT2D eigenvalue weighted by Gasteiger charge is 2.00. The fourth-order valence-electron chi connectivity index (χ4n) is 1.80. The van der Waals surface area contributed by atoms with Crippen LogP contribution >= 0.6 is 15.9 Å². The van der Waals surface area contributed by atoms with Crippen LogP contribution < -0.4 is 11.1 Å². The minimum absolute atomic E-state index is 0.260. The Balaban J connectivity index is 1.73. The molecule has 22 heavy (non-hydrogen) atoms. The molecule has 0 saturated heterocycles. The summed E-state index contributed by atoms with van der Waals surface area (Å²) in [6.45, 7) is 0.638. The summed E-state index contributed by atoms with van der Waals surface area (Å²) in [5.74, 6) is 0. The molecule has 0 atom stereocenters. The first-order valence-electron chi connectivity index (χ1n) is 6.81. The van der Waals surface area contributed by atoms with Gasteiger partial charge < -0.3 is 15.8 Å². The van der Waals surface area contributed by atoms with Crippen LogP contribution in [0.4, 0.5) is 10.5 Å². The van der Waals surface area contributed by atoms with E-state index in [1.165, 1.54) is 0 Å². The van der Waals surface area contributed by atoms with Crippen molar-refractivity contribution in [3.8, 4) is 0 Å². The van der Waals surface area contributed by atoms with Gasteiger partial charge in [-0.15, -0.1) is 0 Å². The number of halogens is 1. The minimum atomic E-state index is -0.447. The number of hydrogen-bond acceptors (Lipinski definition) is 3. The predicted octanol–water partition coefficient (Wildman–Crippen LogP) is 3.97. The maximum atomic E-state index is 11.5. The highest BCUT2D eigenvalue weighted by molar-refractivity contribution is 9.10. The van der Waals surface area contributed by atoms with Gasteiger partial charge in [0.1, 0.15) is 6.61 Å². The van der Waals surface area contributed by atoms with Gasteiger partial charge in [-0.3, -0.25) is 0 Å². The lowest BCUT2D eigenvalue weighted by molar-refractivity contribution is 0.141. The summed E-state index contributed by atoms with van der Waals surface area (Å²) < 4.78 is 6.04. The third kappa shape index (κ3) is 5.26. The Bertz CT molecular complexity index is 657. The van der Waals surface area contributed by atoms with Gasteiger partial charge in [0.05, 0.1) is 0 Å². The second kappa shape index (κ2) is 8.24. The number of anilines is 1. The molecule has 0 fully saturated rings. The fraction of sp³-hybridized carbons (Fsp3) is 0.118. The van der Waals surface area contributed by atoms with Crippen molar-refractivity contribution in [3.63, 3.8) is 0 Å². The molecule has 0 radical (unpaired) electrons. The van der Waals surface area contributed by atoms with Crippen molar-refractivity contribution in [3.05, 3.63) is 70.2 Å². The van der Waals surface area contributed by atoms with Gasteiger partial charge in [-0.2, -0.15) is 0 Å². The third-order valence-corrected chi connectivity index (χ3v) is 3.42. The monoisotopic (exact) mass is 360 g/mol. The standard InChI is InChI=1S/C17H17BrN2O2/c18-15-9-8-14(16(19)11-15)7-4-10-20-17(21)22-12-13-5-2-1-3-6-13/h1-9,11H,10,12,19H2,(H,20,21). The third-order valence-electron chi connectivity index (χ3n) is 2.92. The topological polar surface area (TPSA) is 64.3 Å². The second-order valence-corrected chi connectivity index (χ2v) is 5.53. The van der Waals surface area contributed by atoms with Crippen LogP contribution in [0.15, 0.2) is 59.1 Å². The Morgan fingerprint density at radius 1 is 1.23 bits per heavy atom. The van der Waals surface area contributed by atoms with E-state index in [2.05, 4.69) is 21.2 Å². The molecule has 0 heterocycles. The highest BCUT2D eigenvalue weighted by Crippen LogP contribution is 2.19. The van der Waals surface area contributed by atoms with Crippen LogP contribution in [0.2, 0.25) is 0 Å². The molecule has 3 N–H and O–H groups in total. The molecular weight excluding hydrogens is 344 g/mol. The lowest BCUT2D eigenvalue weighted by Gasteiger charge is -2.05. The van der Waals surface area contributed by atoms with Crippen LogP contribution in [0, 0.1) is 0 Å². The molecule has 0 saturated carbocycles. The van der Waals surface area contributed by atoms with Gasteiger partial charge in [-0.05, 0) is 23.3 Å². The number of nitrogen functional groups attached to an aromatic ring is 1. The summed E-state index contributed by atoms with van der Waals surface area (Å²) in [7, 11) is 0. The minimum Gasteiger partial charge on any atom is -0.445 e. The Kier molecular flexibility index (Phi) is 6.03. The molecule has 0 aliphatic rings. The molecule has 4 nitrogen and oxygen atoms in total. The van der Waals surface area contributed by atoms with Gasteiger partial charge in [-0.1, -0.05) is 64.5 Å². The molecule has 1 amide bonds. The zero-order valence-corrected chi connectivity index (χ0v) is 13.5. The van der Waals surface area contributed by atoms with Crippen LogP contribution in [-0.2, 0) is 11.3 Å². The van der Waals surface area contributed by atoms with Gasteiger partial charge in [0.15, 0.2) is 0 Å². The van der Waals surface area contributed by atoms with E-state index in [0.29, 0.717) is 12.2 Å². The van der Waals surface area contributed by atoms with E-state index in [-0.39, 0.29) is 6.61 Å². The normalized spacial score (nSPS) is 10.6. The summed E-state index contributed by atoms with van der Waals surface area (Å²) in [6.07, 6.45) is 3.24. The maximum absolute atomic E-state index is 11.5. The van der Waals surface area contributed by atoms with Gasteiger partial charge in [0.25, 0.3) is 0 Å². The Morgan fingerprint density at radius 3 is 2.73 bits per heavy atom. The van der Waals surface area contributed by atoms with Crippen molar-refractivity contribution in [1.29, 1.82) is 0 Å². The van der Waals surface area contributed by atoms with E-state index < -0.39 is 6.09 Å². The first-order valence-corrected chi connectivity index (χ1v) is 7.60. The summed E-state index contributed by atoms with van der Waals surface area (Å²) in [5.41, 5.74) is 8.42. The number of hydrogen-bond donors (Lipinski definition) is 2. The maximum Gasteiger partial charge on any atom is 0.407 e. The van der Waals surface area contributed by atoms with Crippen molar-refractivity contribution >= 4 is 33.8 Å². The number of carbonyl (C=O) groups excluding carboxylic acids is 1. The van der Waals surface area contributed by atoms with Crippen molar-refractivity contribution in [1.82, 2.24) is 5.32 Å². The number of carbonyl (C=O) groups is 1. The van der Waals surface area contributed by atoms with Crippen molar-refractivity contribution in [2.45, 2.75) is 6.61 Å². The second-order valence-electron chi connectivity index (χ2n) is 4.62. The lowest BCUT2D eigenvalue weighted by atomic mass is 10.1. The first kappa shape index (κ1) is 16.1. The molecule has 0 bridgehead atoms. The SMILES string of the molecule is Nc1cc(Br)ccc1C=CCNC(=O)OCc1ccccc1. The molecule has 0 aromatic heterocycles. The molecule has 5 heteroatoms. The average molecular weight is 361 g/mol. The van der Waals surface area contributed by atoms with Crippen molar-refractivity contribution in [2.24, 2.45) is 0 Å². The van der Waals surface area contributed by atoms with Crippen LogP contribution in [0.5, 0.6) is 0 Å². The molecule has 0 aliphatic heterocycles. The quantitative estimate of drug-likeness (QED) is 0.792. The predicted molar refractivity (Wildman–Crippen MR) is 92.2 cm³/mol.